The zero-order valence-corrected chi connectivity index (χ0v) is 12.2. The average Bonchev–Trinajstić information content (AvgIpc) is 2.44. The predicted octanol–water partition coefficient (Wildman–Crippen LogP) is 2.21. The molecule has 6 heteroatoms. The van der Waals surface area contributed by atoms with Gasteiger partial charge in [0, 0.05) is 23.0 Å². The maximum atomic E-state index is 12.1. The summed E-state index contributed by atoms with van der Waals surface area (Å²) < 4.78 is 0.690. The third kappa shape index (κ3) is 3.55. The monoisotopic (exact) mass is 335 g/mol. The van der Waals surface area contributed by atoms with E-state index in [0.717, 1.165) is 5.56 Å². The van der Waals surface area contributed by atoms with Crippen molar-refractivity contribution >= 4 is 33.3 Å². The molecule has 104 valence electrons. The molecular formula is C14H14BrN3O2. The van der Waals surface area contributed by atoms with Gasteiger partial charge < -0.3 is 16.2 Å². The van der Waals surface area contributed by atoms with Crippen LogP contribution in [0.15, 0.2) is 41.0 Å². The molecule has 4 N–H and O–H groups in total. The lowest BCUT2D eigenvalue weighted by Gasteiger charge is -2.08. The minimum absolute atomic E-state index is 0.103. The van der Waals surface area contributed by atoms with Crippen LogP contribution in [0.5, 0.6) is 0 Å². The molecule has 0 bridgehead atoms. The fourth-order valence-electron chi connectivity index (χ4n) is 1.71. The number of hydrogen-bond acceptors (Lipinski definition) is 4. The highest BCUT2D eigenvalue weighted by molar-refractivity contribution is 9.10. The van der Waals surface area contributed by atoms with Gasteiger partial charge in [-0.05, 0) is 46.1 Å². The molecule has 0 saturated heterocycles. The van der Waals surface area contributed by atoms with Crippen molar-refractivity contribution in [2.75, 3.05) is 17.7 Å². The quantitative estimate of drug-likeness (QED) is 0.799. The second-order valence-electron chi connectivity index (χ2n) is 4.21. The Morgan fingerprint density at radius 2 is 2.05 bits per heavy atom. The molecule has 20 heavy (non-hydrogen) atoms. The summed E-state index contributed by atoms with van der Waals surface area (Å²) in [5, 5.41) is 11.6. The number of carbonyl (C=O) groups excluding carboxylic acids is 1. The van der Waals surface area contributed by atoms with Crippen molar-refractivity contribution in [2.45, 2.75) is 6.42 Å². The van der Waals surface area contributed by atoms with Crippen molar-refractivity contribution in [3.8, 4) is 0 Å². The SMILES string of the molecule is Nc1ncc(Br)cc1C(=O)Nc1ccc(CCO)cc1. The minimum Gasteiger partial charge on any atom is -0.396 e. The number of aliphatic hydroxyl groups is 1. The molecule has 0 saturated carbocycles. The van der Waals surface area contributed by atoms with E-state index < -0.39 is 0 Å². The number of nitrogens with one attached hydrogen (secondary N) is 1. The Bertz CT molecular complexity index is 614. The molecule has 5 nitrogen and oxygen atoms in total. The molecule has 0 aliphatic heterocycles. The van der Waals surface area contributed by atoms with Gasteiger partial charge >= 0.3 is 0 Å². The molecule has 1 heterocycles. The normalized spacial score (nSPS) is 10.3. The van der Waals surface area contributed by atoms with Gasteiger partial charge in [-0.25, -0.2) is 4.98 Å². The van der Waals surface area contributed by atoms with Crippen molar-refractivity contribution in [3.63, 3.8) is 0 Å². The highest BCUT2D eigenvalue weighted by atomic mass is 79.9. The molecule has 2 rings (SSSR count). The van der Waals surface area contributed by atoms with Crippen LogP contribution in [0.1, 0.15) is 15.9 Å². The third-order valence-corrected chi connectivity index (χ3v) is 3.18. The highest BCUT2D eigenvalue weighted by Crippen LogP contribution is 2.18. The van der Waals surface area contributed by atoms with E-state index in [4.69, 9.17) is 10.8 Å². The average molecular weight is 336 g/mol. The molecule has 1 amide bonds. The molecule has 1 aromatic heterocycles. The van der Waals surface area contributed by atoms with Gasteiger partial charge in [0.1, 0.15) is 5.82 Å². The fourth-order valence-corrected chi connectivity index (χ4v) is 2.05. The Morgan fingerprint density at radius 3 is 2.70 bits per heavy atom. The van der Waals surface area contributed by atoms with Crippen LogP contribution in [-0.2, 0) is 6.42 Å². The summed E-state index contributed by atoms with van der Waals surface area (Å²) in [5.74, 6) is -0.131. The summed E-state index contributed by atoms with van der Waals surface area (Å²) in [6.45, 7) is 0.103. The lowest BCUT2D eigenvalue weighted by atomic mass is 10.1. The number of nitrogens with two attached hydrogens (primary N) is 1. The number of anilines is 2. The van der Waals surface area contributed by atoms with Crippen molar-refractivity contribution in [3.05, 3.63) is 52.1 Å². The molecule has 0 fully saturated rings. The molecule has 0 atom stereocenters. The Labute approximate surface area is 125 Å². The van der Waals surface area contributed by atoms with Crippen LogP contribution < -0.4 is 11.1 Å². The van der Waals surface area contributed by atoms with Crippen LogP contribution >= 0.6 is 15.9 Å². The van der Waals surface area contributed by atoms with Crippen molar-refractivity contribution < 1.29 is 9.90 Å². The van der Waals surface area contributed by atoms with Gasteiger partial charge in [0.15, 0.2) is 0 Å². The fraction of sp³-hybridized carbons (Fsp3) is 0.143. The van der Waals surface area contributed by atoms with Crippen LogP contribution in [0.25, 0.3) is 0 Å². The lowest BCUT2D eigenvalue weighted by Crippen LogP contribution is -2.14. The summed E-state index contributed by atoms with van der Waals surface area (Å²) >= 11 is 3.26. The largest absolute Gasteiger partial charge is 0.396 e. The van der Waals surface area contributed by atoms with E-state index in [9.17, 15) is 4.79 Å². The van der Waals surface area contributed by atoms with Gasteiger partial charge in [0.2, 0.25) is 0 Å². The first-order valence-electron chi connectivity index (χ1n) is 6.02. The van der Waals surface area contributed by atoms with Gasteiger partial charge in [-0.2, -0.15) is 0 Å². The standard InChI is InChI=1S/C14H14BrN3O2/c15-10-7-12(13(16)17-8-10)14(20)18-11-3-1-9(2-4-11)5-6-19/h1-4,7-8,19H,5-6H2,(H2,16,17)(H,18,20). The van der Waals surface area contributed by atoms with Crippen LogP contribution in [0.2, 0.25) is 0 Å². The van der Waals surface area contributed by atoms with Crippen molar-refractivity contribution in [2.24, 2.45) is 0 Å². The van der Waals surface area contributed by atoms with Crippen LogP contribution in [0.3, 0.4) is 0 Å². The number of halogens is 1. The maximum absolute atomic E-state index is 12.1. The van der Waals surface area contributed by atoms with E-state index in [-0.39, 0.29) is 18.3 Å². The van der Waals surface area contributed by atoms with Crippen LogP contribution in [0, 0.1) is 0 Å². The molecular weight excluding hydrogens is 322 g/mol. The summed E-state index contributed by atoms with van der Waals surface area (Å²) in [6, 6.07) is 8.90. The number of benzene rings is 1. The Balaban J connectivity index is 2.13. The molecule has 0 radical (unpaired) electrons. The van der Waals surface area contributed by atoms with Crippen molar-refractivity contribution in [1.82, 2.24) is 4.98 Å². The Hall–Kier alpha value is -1.92. The number of aliphatic hydroxyl groups excluding tert-OH is 1. The molecule has 0 aliphatic rings. The van der Waals surface area contributed by atoms with E-state index in [2.05, 4.69) is 26.2 Å². The highest BCUT2D eigenvalue weighted by Gasteiger charge is 2.11. The van der Waals surface area contributed by atoms with Crippen molar-refractivity contribution in [1.29, 1.82) is 0 Å². The van der Waals surface area contributed by atoms with Gasteiger partial charge in [-0.15, -0.1) is 0 Å². The molecule has 0 unspecified atom stereocenters. The molecule has 0 aliphatic carbocycles. The zero-order valence-electron chi connectivity index (χ0n) is 10.6. The molecule has 0 spiro atoms. The summed E-state index contributed by atoms with van der Waals surface area (Å²) in [5.41, 5.74) is 7.68. The number of nitrogens with zero attached hydrogens (tertiary/aromatic N) is 1. The first-order chi connectivity index (χ1) is 9.60. The number of aromatic nitrogens is 1. The van der Waals surface area contributed by atoms with Gasteiger partial charge in [-0.1, -0.05) is 12.1 Å². The van der Waals surface area contributed by atoms with Crippen LogP contribution in [-0.4, -0.2) is 22.6 Å². The number of rotatable bonds is 4. The first-order valence-corrected chi connectivity index (χ1v) is 6.81. The van der Waals surface area contributed by atoms with E-state index in [1.807, 2.05) is 12.1 Å². The Kier molecular flexibility index (Phi) is 4.70. The number of nitrogen functional groups attached to an aromatic ring is 1. The van der Waals surface area contributed by atoms with E-state index >= 15 is 0 Å². The van der Waals surface area contributed by atoms with Crippen LogP contribution in [0.4, 0.5) is 11.5 Å². The summed E-state index contributed by atoms with van der Waals surface area (Å²) in [7, 11) is 0. The smallest absolute Gasteiger partial charge is 0.259 e. The molecule has 1 aromatic carbocycles. The first kappa shape index (κ1) is 14.5. The Morgan fingerprint density at radius 1 is 1.35 bits per heavy atom. The summed E-state index contributed by atoms with van der Waals surface area (Å²) in [4.78, 5) is 16.0. The number of amides is 1. The maximum Gasteiger partial charge on any atom is 0.259 e. The number of pyridine rings is 1. The lowest BCUT2D eigenvalue weighted by molar-refractivity contribution is 0.102. The predicted molar refractivity (Wildman–Crippen MR) is 81.5 cm³/mol. The van der Waals surface area contributed by atoms with Gasteiger partial charge in [-0.3, -0.25) is 4.79 Å². The van der Waals surface area contributed by atoms with E-state index in [1.54, 1.807) is 18.2 Å². The molecule has 2 aromatic rings. The third-order valence-electron chi connectivity index (χ3n) is 2.74. The summed E-state index contributed by atoms with van der Waals surface area (Å²) in [6.07, 6.45) is 2.13. The topological polar surface area (TPSA) is 88.2 Å². The second-order valence-corrected chi connectivity index (χ2v) is 5.13. The zero-order chi connectivity index (χ0) is 14.5. The van der Waals surface area contributed by atoms with E-state index in [0.29, 0.717) is 22.1 Å². The second kappa shape index (κ2) is 6.49. The number of carbonyl (C=O) groups is 1. The van der Waals surface area contributed by atoms with Gasteiger partial charge in [0.05, 0.1) is 5.56 Å². The minimum atomic E-state index is -0.314. The van der Waals surface area contributed by atoms with E-state index in [1.165, 1.54) is 6.20 Å². The van der Waals surface area contributed by atoms with Gasteiger partial charge in [0.25, 0.3) is 5.91 Å². The number of hydrogen-bond donors (Lipinski definition) is 3.